The summed E-state index contributed by atoms with van der Waals surface area (Å²) in [7, 11) is 0. The number of hydrogen-bond donors (Lipinski definition) is 1. The number of hydrogen-bond acceptors (Lipinski definition) is 3. The van der Waals surface area contributed by atoms with E-state index >= 15 is 0 Å². The van der Waals surface area contributed by atoms with Crippen LogP contribution in [-0.4, -0.2) is 34.4 Å². The average molecular weight is 299 g/mol. The summed E-state index contributed by atoms with van der Waals surface area (Å²) in [5, 5.41) is 3.37. The van der Waals surface area contributed by atoms with Crippen molar-refractivity contribution in [3.05, 3.63) is 23.9 Å². The van der Waals surface area contributed by atoms with Crippen LogP contribution in [0.15, 0.2) is 18.3 Å². The Kier molecular flexibility index (Phi) is 3.77. The van der Waals surface area contributed by atoms with Crippen LogP contribution in [0, 0.1) is 5.92 Å². The van der Waals surface area contributed by atoms with Crippen molar-refractivity contribution < 1.29 is 4.79 Å². The van der Waals surface area contributed by atoms with Crippen LogP contribution in [0.1, 0.15) is 61.7 Å². The predicted molar refractivity (Wildman–Crippen MR) is 86.9 cm³/mol. The molecular weight excluding hydrogens is 274 g/mol. The molecule has 0 spiro atoms. The Morgan fingerprint density at radius 3 is 2.59 bits per heavy atom. The Morgan fingerprint density at radius 2 is 1.91 bits per heavy atom. The summed E-state index contributed by atoms with van der Waals surface area (Å²) in [5.41, 5.74) is 0.742. The van der Waals surface area contributed by atoms with Crippen LogP contribution in [0.5, 0.6) is 0 Å². The van der Waals surface area contributed by atoms with Gasteiger partial charge in [0.05, 0.1) is 5.56 Å². The van der Waals surface area contributed by atoms with Crippen LogP contribution < -0.4 is 5.32 Å². The van der Waals surface area contributed by atoms with Crippen molar-refractivity contribution in [1.29, 1.82) is 0 Å². The number of anilines is 1. The Balaban J connectivity index is 1.45. The first-order chi connectivity index (χ1) is 10.8. The molecule has 3 aliphatic rings. The highest BCUT2D eigenvalue weighted by molar-refractivity contribution is 5.94. The summed E-state index contributed by atoms with van der Waals surface area (Å²) < 4.78 is 0. The van der Waals surface area contributed by atoms with Gasteiger partial charge in [-0.25, -0.2) is 4.98 Å². The van der Waals surface area contributed by atoms with Crippen molar-refractivity contribution in [3.8, 4) is 0 Å². The van der Waals surface area contributed by atoms with Crippen LogP contribution in [0.3, 0.4) is 0 Å². The second kappa shape index (κ2) is 5.90. The molecule has 118 valence electrons. The van der Waals surface area contributed by atoms with Crippen LogP contribution in [-0.2, 0) is 0 Å². The Bertz CT molecular complexity index is 532. The number of amides is 1. The lowest BCUT2D eigenvalue weighted by Crippen LogP contribution is -2.39. The van der Waals surface area contributed by atoms with E-state index in [2.05, 4.69) is 15.2 Å². The largest absolute Gasteiger partial charge is 0.367 e. The van der Waals surface area contributed by atoms with Gasteiger partial charge in [0.2, 0.25) is 0 Å². The maximum absolute atomic E-state index is 12.8. The molecule has 4 rings (SSSR count). The minimum atomic E-state index is 0.180. The first kappa shape index (κ1) is 14.0. The maximum Gasteiger partial charge on any atom is 0.255 e. The normalized spacial score (nSPS) is 25.6. The number of nitrogens with zero attached hydrogens (tertiary/aromatic N) is 2. The smallest absolute Gasteiger partial charge is 0.255 e. The molecule has 2 saturated carbocycles. The highest BCUT2D eigenvalue weighted by Crippen LogP contribution is 2.36. The number of rotatable bonds is 4. The maximum atomic E-state index is 12.8. The Hall–Kier alpha value is -1.58. The first-order valence-electron chi connectivity index (χ1n) is 8.85. The van der Waals surface area contributed by atoms with Gasteiger partial charge in [0, 0.05) is 24.8 Å². The van der Waals surface area contributed by atoms with E-state index in [1.165, 1.54) is 44.9 Å². The fourth-order valence-electron chi connectivity index (χ4n) is 4.09. The molecule has 1 amide bonds. The molecule has 0 radical (unpaired) electrons. The van der Waals surface area contributed by atoms with Gasteiger partial charge in [0.15, 0.2) is 0 Å². The first-order valence-corrected chi connectivity index (χ1v) is 8.85. The molecule has 2 heterocycles. The highest BCUT2D eigenvalue weighted by Gasteiger charge is 2.36. The average Bonchev–Trinajstić information content (AvgIpc) is 3.05. The SMILES string of the molecule is O=C(c1ccc(NC2CC2)nc1)N1CCC[C@@H]1C1CCCC1. The monoisotopic (exact) mass is 299 g/mol. The molecule has 1 N–H and O–H groups in total. The van der Waals surface area contributed by atoms with E-state index in [9.17, 15) is 4.79 Å². The Morgan fingerprint density at radius 1 is 1.09 bits per heavy atom. The molecule has 1 atom stereocenters. The van der Waals surface area contributed by atoms with Gasteiger partial charge < -0.3 is 10.2 Å². The second-order valence-electron chi connectivity index (χ2n) is 7.10. The number of carbonyl (C=O) groups excluding carboxylic acids is 1. The third-order valence-corrected chi connectivity index (χ3v) is 5.44. The van der Waals surface area contributed by atoms with Crippen molar-refractivity contribution >= 4 is 11.7 Å². The molecule has 0 bridgehead atoms. The molecule has 1 aromatic heterocycles. The van der Waals surface area contributed by atoms with Crippen molar-refractivity contribution in [2.24, 2.45) is 5.92 Å². The number of carbonyl (C=O) groups is 1. The lowest BCUT2D eigenvalue weighted by atomic mass is 9.95. The molecular formula is C18H25N3O. The van der Waals surface area contributed by atoms with Gasteiger partial charge in [0.25, 0.3) is 5.91 Å². The third-order valence-electron chi connectivity index (χ3n) is 5.44. The fraction of sp³-hybridized carbons (Fsp3) is 0.667. The van der Waals surface area contributed by atoms with E-state index < -0.39 is 0 Å². The topological polar surface area (TPSA) is 45.2 Å². The van der Waals surface area contributed by atoms with Gasteiger partial charge in [-0.15, -0.1) is 0 Å². The van der Waals surface area contributed by atoms with E-state index in [-0.39, 0.29) is 5.91 Å². The summed E-state index contributed by atoms with van der Waals surface area (Å²) in [6.07, 6.45) is 11.8. The molecule has 0 unspecified atom stereocenters. The molecule has 3 fully saturated rings. The van der Waals surface area contributed by atoms with Gasteiger partial charge in [-0.3, -0.25) is 4.79 Å². The van der Waals surface area contributed by atoms with Gasteiger partial charge >= 0.3 is 0 Å². The highest BCUT2D eigenvalue weighted by atomic mass is 16.2. The zero-order valence-corrected chi connectivity index (χ0v) is 13.1. The van der Waals surface area contributed by atoms with E-state index in [0.717, 1.165) is 30.3 Å². The third kappa shape index (κ3) is 2.83. The van der Waals surface area contributed by atoms with E-state index in [0.29, 0.717) is 12.1 Å². The van der Waals surface area contributed by atoms with E-state index in [4.69, 9.17) is 0 Å². The van der Waals surface area contributed by atoms with Gasteiger partial charge in [-0.1, -0.05) is 12.8 Å². The number of nitrogens with one attached hydrogen (secondary N) is 1. The predicted octanol–water partition coefficient (Wildman–Crippen LogP) is 3.45. The molecule has 1 aromatic rings. The van der Waals surface area contributed by atoms with Crippen molar-refractivity contribution in [2.75, 3.05) is 11.9 Å². The molecule has 4 nitrogen and oxygen atoms in total. The molecule has 2 aliphatic carbocycles. The molecule has 0 aromatic carbocycles. The van der Waals surface area contributed by atoms with Crippen molar-refractivity contribution in [3.63, 3.8) is 0 Å². The summed E-state index contributed by atoms with van der Waals surface area (Å²) in [6.45, 7) is 0.919. The summed E-state index contributed by atoms with van der Waals surface area (Å²) in [5.74, 6) is 1.81. The number of aromatic nitrogens is 1. The zero-order valence-electron chi connectivity index (χ0n) is 13.1. The second-order valence-corrected chi connectivity index (χ2v) is 7.10. The van der Waals surface area contributed by atoms with Crippen molar-refractivity contribution in [2.45, 2.75) is 63.5 Å². The molecule has 1 aliphatic heterocycles. The lowest BCUT2D eigenvalue weighted by Gasteiger charge is -2.29. The van der Waals surface area contributed by atoms with Crippen LogP contribution in [0.2, 0.25) is 0 Å². The number of pyridine rings is 1. The molecule has 22 heavy (non-hydrogen) atoms. The zero-order chi connectivity index (χ0) is 14.9. The van der Waals surface area contributed by atoms with E-state index in [1.54, 1.807) is 6.20 Å². The van der Waals surface area contributed by atoms with Crippen molar-refractivity contribution in [1.82, 2.24) is 9.88 Å². The fourth-order valence-corrected chi connectivity index (χ4v) is 4.09. The Labute approximate surface area is 132 Å². The lowest BCUT2D eigenvalue weighted by molar-refractivity contribution is 0.0688. The van der Waals surface area contributed by atoms with E-state index in [1.807, 2.05) is 12.1 Å². The summed E-state index contributed by atoms with van der Waals surface area (Å²) in [6, 6.07) is 4.95. The minimum Gasteiger partial charge on any atom is -0.367 e. The summed E-state index contributed by atoms with van der Waals surface area (Å²) in [4.78, 5) is 19.4. The van der Waals surface area contributed by atoms with Crippen LogP contribution in [0.4, 0.5) is 5.82 Å². The van der Waals surface area contributed by atoms with Gasteiger partial charge in [-0.2, -0.15) is 0 Å². The van der Waals surface area contributed by atoms with Gasteiger partial charge in [0.1, 0.15) is 5.82 Å². The number of likely N-dealkylation sites (tertiary alicyclic amines) is 1. The molecule has 1 saturated heterocycles. The van der Waals surface area contributed by atoms with Crippen LogP contribution in [0.25, 0.3) is 0 Å². The van der Waals surface area contributed by atoms with Crippen LogP contribution >= 0.6 is 0 Å². The molecule has 4 heteroatoms. The quantitative estimate of drug-likeness (QED) is 0.926. The minimum absolute atomic E-state index is 0.180. The summed E-state index contributed by atoms with van der Waals surface area (Å²) >= 11 is 0. The standard InChI is InChI=1S/C18H25N3O/c22-18(14-7-10-17(19-12-14)20-15-8-9-15)21-11-3-6-16(21)13-4-1-2-5-13/h7,10,12-13,15-16H,1-6,8-9,11H2,(H,19,20)/t16-/m1/s1. The van der Waals surface area contributed by atoms with Gasteiger partial charge in [-0.05, 0) is 56.6 Å².